The lowest BCUT2D eigenvalue weighted by atomic mass is 10.2. The van der Waals surface area contributed by atoms with Crippen LogP contribution < -0.4 is 5.32 Å². The molecule has 1 aliphatic rings. The van der Waals surface area contributed by atoms with Crippen LogP contribution in [0.3, 0.4) is 0 Å². The number of fused-ring (bicyclic) bond motifs is 1. The number of pyridine rings is 1. The maximum absolute atomic E-state index is 12.3. The average Bonchev–Trinajstić information content (AvgIpc) is 3.41. The van der Waals surface area contributed by atoms with Gasteiger partial charge in [-0.1, -0.05) is 29.8 Å². The predicted molar refractivity (Wildman–Crippen MR) is 124 cm³/mol. The highest BCUT2D eigenvalue weighted by Gasteiger charge is 2.20. The Morgan fingerprint density at radius 2 is 1.91 bits per heavy atom. The summed E-state index contributed by atoms with van der Waals surface area (Å²) in [5.74, 6) is 3.11. The molecule has 0 atom stereocenters. The van der Waals surface area contributed by atoms with E-state index in [1.54, 1.807) is 24.4 Å². The summed E-state index contributed by atoms with van der Waals surface area (Å²) in [7, 11) is 0. The van der Waals surface area contributed by atoms with Gasteiger partial charge in [0.05, 0.1) is 18.1 Å². The molecule has 3 aromatic heterocycles. The maximum Gasteiger partial charge on any atom is 0.270 e. The summed E-state index contributed by atoms with van der Waals surface area (Å²) in [5.41, 5.74) is 1.28. The van der Waals surface area contributed by atoms with Crippen LogP contribution in [0, 0.1) is 0 Å². The van der Waals surface area contributed by atoms with Crippen LogP contribution in [0.5, 0.6) is 0 Å². The van der Waals surface area contributed by atoms with E-state index < -0.39 is 0 Å². The van der Waals surface area contributed by atoms with Crippen LogP contribution in [0.25, 0.3) is 11.3 Å². The SMILES string of the molecule is O=C(NCc1nnc2n1CCN(Cc1ccc(-c3ccccc3Cl)o1)CC2)c1ccccn1. The molecule has 5 rings (SSSR count). The van der Waals surface area contributed by atoms with Gasteiger partial charge in [-0.25, -0.2) is 0 Å². The predicted octanol–water partition coefficient (Wildman–Crippen LogP) is 3.57. The Labute approximate surface area is 196 Å². The van der Waals surface area contributed by atoms with E-state index in [9.17, 15) is 4.79 Å². The number of nitrogens with zero attached hydrogens (tertiary/aromatic N) is 5. The molecule has 0 spiro atoms. The molecule has 0 aliphatic carbocycles. The van der Waals surface area contributed by atoms with E-state index in [0.717, 1.165) is 54.8 Å². The summed E-state index contributed by atoms with van der Waals surface area (Å²) in [4.78, 5) is 18.7. The van der Waals surface area contributed by atoms with Crippen molar-refractivity contribution >= 4 is 17.5 Å². The van der Waals surface area contributed by atoms with Gasteiger partial charge in [0.15, 0.2) is 5.82 Å². The molecule has 33 heavy (non-hydrogen) atoms. The number of carbonyl (C=O) groups excluding carboxylic acids is 1. The minimum absolute atomic E-state index is 0.227. The van der Waals surface area contributed by atoms with Crippen molar-refractivity contribution in [3.63, 3.8) is 0 Å². The number of hydrogen-bond donors (Lipinski definition) is 1. The molecular weight excluding hydrogens is 440 g/mol. The van der Waals surface area contributed by atoms with Gasteiger partial charge in [0.2, 0.25) is 0 Å². The molecule has 4 aromatic rings. The molecule has 0 saturated heterocycles. The van der Waals surface area contributed by atoms with Crippen molar-refractivity contribution in [3.8, 4) is 11.3 Å². The number of aromatic nitrogens is 4. The molecule has 1 amide bonds. The molecule has 8 nitrogen and oxygen atoms in total. The summed E-state index contributed by atoms with van der Waals surface area (Å²) >= 11 is 6.30. The number of nitrogens with one attached hydrogen (secondary N) is 1. The van der Waals surface area contributed by atoms with Crippen molar-refractivity contribution in [1.29, 1.82) is 0 Å². The van der Waals surface area contributed by atoms with Crippen LogP contribution in [-0.2, 0) is 26.1 Å². The topological polar surface area (TPSA) is 89.1 Å². The molecule has 168 valence electrons. The number of furan rings is 1. The zero-order chi connectivity index (χ0) is 22.6. The fourth-order valence-corrected chi connectivity index (χ4v) is 4.18. The summed E-state index contributed by atoms with van der Waals surface area (Å²) in [6.07, 6.45) is 2.38. The van der Waals surface area contributed by atoms with E-state index >= 15 is 0 Å². The Morgan fingerprint density at radius 3 is 2.76 bits per heavy atom. The van der Waals surface area contributed by atoms with E-state index in [1.807, 2.05) is 36.4 Å². The van der Waals surface area contributed by atoms with Crippen LogP contribution in [0.4, 0.5) is 0 Å². The Bertz CT molecular complexity index is 1250. The number of hydrogen-bond acceptors (Lipinski definition) is 6. The Hall–Kier alpha value is -3.49. The number of halogens is 1. The summed E-state index contributed by atoms with van der Waals surface area (Å²) < 4.78 is 8.16. The lowest BCUT2D eigenvalue weighted by molar-refractivity contribution is 0.0944. The number of benzene rings is 1. The van der Waals surface area contributed by atoms with Crippen LogP contribution >= 0.6 is 11.6 Å². The molecular formula is C24H23ClN6O2. The van der Waals surface area contributed by atoms with Gasteiger partial charge in [0.25, 0.3) is 5.91 Å². The Morgan fingerprint density at radius 1 is 1.03 bits per heavy atom. The fourth-order valence-electron chi connectivity index (χ4n) is 3.95. The highest BCUT2D eigenvalue weighted by molar-refractivity contribution is 6.33. The average molecular weight is 463 g/mol. The summed E-state index contributed by atoms with van der Waals surface area (Å²) in [5, 5.41) is 12.2. The number of rotatable bonds is 6. The summed E-state index contributed by atoms with van der Waals surface area (Å²) in [6.45, 7) is 3.43. The fraction of sp³-hybridized carbons (Fsp3) is 0.250. The van der Waals surface area contributed by atoms with E-state index in [-0.39, 0.29) is 5.91 Å². The first-order valence-corrected chi connectivity index (χ1v) is 11.2. The molecule has 0 saturated carbocycles. The van der Waals surface area contributed by atoms with Gasteiger partial charge in [0, 0.05) is 37.8 Å². The zero-order valence-electron chi connectivity index (χ0n) is 17.9. The number of carbonyl (C=O) groups is 1. The molecule has 0 fully saturated rings. The van der Waals surface area contributed by atoms with Crippen molar-refractivity contribution < 1.29 is 9.21 Å². The normalized spacial score (nSPS) is 14.0. The molecule has 0 bridgehead atoms. The van der Waals surface area contributed by atoms with Crippen LogP contribution in [0.2, 0.25) is 5.02 Å². The highest BCUT2D eigenvalue weighted by atomic mass is 35.5. The second kappa shape index (κ2) is 9.56. The zero-order valence-corrected chi connectivity index (χ0v) is 18.7. The Kier molecular flexibility index (Phi) is 6.19. The molecule has 1 aliphatic heterocycles. The standard InChI is InChI=1S/C24H23ClN6O2/c25-19-6-2-1-5-18(19)21-9-8-17(33-21)16-30-12-10-22-28-29-23(31(22)14-13-30)15-27-24(32)20-7-3-4-11-26-20/h1-9,11H,10,12-16H2,(H,27,32). The van der Waals surface area contributed by atoms with Gasteiger partial charge >= 0.3 is 0 Å². The summed E-state index contributed by atoms with van der Waals surface area (Å²) in [6, 6.07) is 16.9. The third kappa shape index (κ3) is 4.81. The third-order valence-corrected chi connectivity index (χ3v) is 6.01. The Balaban J connectivity index is 1.20. The molecule has 4 heterocycles. The second-order valence-corrected chi connectivity index (χ2v) is 8.26. The van der Waals surface area contributed by atoms with Gasteiger partial charge < -0.3 is 14.3 Å². The minimum atomic E-state index is -0.227. The molecule has 9 heteroatoms. The van der Waals surface area contributed by atoms with Crippen molar-refractivity contribution in [2.24, 2.45) is 0 Å². The lowest BCUT2D eigenvalue weighted by Gasteiger charge is -2.18. The van der Waals surface area contributed by atoms with Gasteiger partial charge in [0.1, 0.15) is 23.0 Å². The number of amides is 1. The van der Waals surface area contributed by atoms with E-state index in [2.05, 4.69) is 30.0 Å². The second-order valence-electron chi connectivity index (χ2n) is 7.85. The molecule has 1 aromatic carbocycles. The van der Waals surface area contributed by atoms with Gasteiger partial charge in [-0.05, 0) is 36.4 Å². The van der Waals surface area contributed by atoms with Crippen LogP contribution in [-0.4, -0.2) is 43.6 Å². The largest absolute Gasteiger partial charge is 0.460 e. The molecule has 0 radical (unpaired) electrons. The van der Waals surface area contributed by atoms with E-state index in [0.29, 0.717) is 23.8 Å². The van der Waals surface area contributed by atoms with Crippen molar-refractivity contribution in [2.75, 3.05) is 13.1 Å². The van der Waals surface area contributed by atoms with Gasteiger partial charge in [-0.2, -0.15) is 0 Å². The van der Waals surface area contributed by atoms with Crippen molar-refractivity contribution in [3.05, 3.63) is 88.9 Å². The first-order chi connectivity index (χ1) is 16.2. The molecule has 0 unspecified atom stereocenters. The smallest absolute Gasteiger partial charge is 0.270 e. The minimum Gasteiger partial charge on any atom is -0.460 e. The third-order valence-electron chi connectivity index (χ3n) is 5.68. The van der Waals surface area contributed by atoms with E-state index in [1.165, 1.54) is 0 Å². The van der Waals surface area contributed by atoms with Crippen LogP contribution in [0.1, 0.15) is 27.9 Å². The van der Waals surface area contributed by atoms with Gasteiger partial charge in [-0.3, -0.25) is 14.7 Å². The maximum atomic E-state index is 12.3. The highest BCUT2D eigenvalue weighted by Crippen LogP contribution is 2.29. The lowest BCUT2D eigenvalue weighted by Crippen LogP contribution is -2.28. The monoisotopic (exact) mass is 462 g/mol. The van der Waals surface area contributed by atoms with Gasteiger partial charge in [-0.15, -0.1) is 10.2 Å². The van der Waals surface area contributed by atoms with Crippen molar-refractivity contribution in [2.45, 2.75) is 26.1 Å². The first-order valence-electron chi connectivity index (χ1n) is 10.8. The van der Waals surface area contributed by atoms with Crippen LogP contribution in [0.15, 0.2) is 65.2 Å². The first kappa shape index (κ1) is 21.4. The van der Waals surface area contributed by atoms with Crippen molar-refractivity contribution in [1.82, 2.24) is 30.0 Å². The quantitative estimate of drug-likeness (QED) is 0.471. The van der Waals surface area contributed by atoms with E-state index in [4.69, 9.17) is 16.0 Å². The molecule has 1 N–H and O–H groups in total.